The average molecular weight is 469 g/mol. The molecule has 0 spiro atoms. The molecule has 0 unspecified atom stereocenters. The third-order valence-electron chi connectivity index (χ3n) is 4.27. The Bertz CT molecular complexity index is 1100. The minimum Gasteiger partial charge on any atom is -0.484 e. The first-order valence-corrected chi connectivity index (χ1v) is 13.1. The molecule has 1 N–H and O–H groups in total. The largest absolute Gasteiger partial charge is 0.484 e. The van der Waals surface area contributed by atoms with Crippen LogP contribution in [0.4, 0.5) is 18.9 Å². The number of hydrogen-bond donors (Lipinski definition) is 1. The van der Waals surface area contributed by atoms with Gasteiger partial charge < -0.3 is 10.1 Å². The van der Waals surface area contributed by atoms with Crippen molar-refractivity contribution in [3.8, 4) is 11.4 Å². The van der Waals surface area contributed by atoms with Crippen molar-refractivity contribution in [3.63, 3.8) is 0 Å². The molecule has 0 fully saturated rings. The second-order valence-electron chi connectivity index (χ2n) is 7.82. The van der Waals surface area contributed by atoms with Crippen molar-refractivity contribution >= 4 is 36.6 Å². The van der Waals surface area contributed by atoms with E-state index >= 15 is 0 Å². The standard InChI is InChI=1S/C20H20ClF3N4O2Si/c1-31(2,3)19-11-28(27-26-19)14-5-4-6-15(10-14)30-12-18(29)25-13-7-8-17(21)16(9-13)20(22,23)24/h4-11H,12H2,1-3H3,(H,25,29). The van der Waals surface area contributed by atoms with Crippen molar-refractivity contribution in [2.24, 2.45) is 0 Å². The molecule has 0 aliphatic carbocycles. The maximum absolute atomic E-state index is 12.9. The van der Waals surface area contributed by atoms with Gasteiger partial charge in [-0.3, -0.25) is 4.79 Å². The van der Waals surface area contributed by atoms with Crippen LogP contribution in [0, 0.1) is 0 Å². The third kappa shape index (κ3) is 5.86. The van der Waals surface area contributed by atoms with Crippen LogP contribution in [-0.2, 0) is 11.0 Å². The van der Waals surface area contributed by atoms with Gasteiger partial charge in [0.2, 0.25) is 0 Å². The lowest BCUT2D eigenvalue weighted by molar-refractivity contribution is -0.137. The quantitative estimate of drug-likeness (QED) is 0.541. The molecule has 0 bridgehead atoms. The number of nitrogens with one attached hydrogen (secondary N) is 1. The maximum atomic E-state index is 12.9. The number of anilines is 1. The van der Waals surface area contributed by atoms with Gasteiger partial charge in [-0.25, -0.2) is 4.68 Å². The predicted molar refractivity (Wildman–Crippen MR) is 115 cm³/mol. The van der Waals surface area contributed by atoms with Crippen LogP contribution in [-0.4, -0.2) is 35.6 Å². The first-order chi connectivity index (χ1) is 14.4. The number of nitrogens with zero attached hydrogens (tertiary/aromatic N) is 3. The predicted octanol–water partition coefficient (Wildman–Crippen LogP) is 4.50. The molecule has 2 aromatic carbocycles. The Morgan fingerprint density at radius 2 is 1.94 bits per heavy atom. The van der Waals surface area contributed by atoms with Crippen LogP contribution in [0.15, 0.2) is 48.7 Å². The number of aromatic nitrogens is 3. The molecule has 1 amide bonds. The molecule has 0 aliphatic rings. The van der Waals surface area contributed by atoms with E-state index in [4.69, 9.17) is 16.3 Å². The van der Waals surface area contributed by atoms with Gasteiger partial charge in [0.1, 0.15) is 13.8 Å². The van der Waals surface area contributed by atoms with E-state index in [0.29, 0.717) is 11.4 Å². The Balaban J connectivity index is 1.65. The summed E-state index contributed by atoms with van der Waals surface area (Å²) in [4.78, 5) is 12.1. The number of rotatable bonds is 6. The van der Waals surface area contributed by atoms with E-state index in [0.717, 1.165) is 17.4 Å². The number of carbonyl (C=O) groups is 1. The second-order valence-corrected chi connectivity index (χ2v) is 13.2. The summed E-state index contributed by atoms with van der Waals surface area (Å²) >= 11 is 5.58. The molecule has 6 nitrogen and oxygen atoms in total. The number of carbonyl (C=O) groups excluding carboxylic acids is 1. The van der Waals surface area contributed by atoms with E-state index in [1.54, 1.807) is 22.9 Å². The Labute approximate surface area is 183 Å². The summed E-state index contributed by atoms with van der Waals surface area (Å²) in [5.41, 5.74) is -0.339. The van der Waals surface area contributed by atoms with E-state index < -0.39 is 30.7 Å². The topological polar surface area (TPSA) is 69.0 Å². The molecule has 164 valence electrons. The smallest absolute Gasteiger partial charge is 0.417 e. The van der Waals surface area contributed by atoms with Gasteiger partial charge in [0.25, 0.3) is 5.91 Å². The van der Waals surface area contributed by atoms with Gasteiger partial charge in [-0.2, -0.15) is 13.2 Å². The lowest BCUT2D eigenvalue weighted by atomic mass is 10.2. The van der Waals surface area contributed by atoms with Crippen molar-refractivity contribution < 1.29 is 22.7 Å². The molecule has 1 heterocycles. The zero-order valence-electron chi connectivity index (χ0n) is 17.0. The maximum Gasteiger partial charge on any atom is 0.417 e. The van der Waals surface area contributed by atoms with Gasteiger partial charge in [-0.05, 0) is 30.3 Å². The number of alkyl halides is 3. The highest BCUT2D eigenvalue weighted by atomic mass is 35.5. The second kappa shape index (κ2) is 8.72. The van der Waals surface area contributed by atoms with E-state index in [-0.39, 0.29) is 12.3 Å². The molecule has 31 heavy (non-hydrogen) atoms. The Kier molecular flexibility index (Phi) is 6.42. The van der Waals surface area contributed by atoms with E-state index in [9.17, 15) is 18.0 Å². The number of ether oxygens (including phenoxy) is 1. The lowest BCUT2D eigenvalue weighted by Crippen LogP contribution is -2.38. The van der Waals surface area contributed by atoms with Crippen LogP contribution >= 0.6 is 11.6 Å². The normalized spacial score (nSPS) is 12.0. The average Bonchev–Trinajstić information content (AvgIpc) is 3.18. The van der Waals surface area contributed by atoms with Gasteiger partial charge in [0, 0.05) is 18.0 Å². The molecule has 3 aromatic rings. The van der Waals surface area contributed by atoms with Crippen molar-refractivity contribution in [1.29, 1.82) is 0 Å². The van der Waals surface area contributed by atoms with Gasteiger partial charge in [0.15, 0.2) is 6.61 Å². The molecule has 11 heteroatoms. The van der Waals surface area contributed by atoms with Crippen LogP contribution in [0.2, 0.25) is 24.7 Å². The van der Waals surface area contributed by atoms with Crippen LogP contribution in [0.5, 0.6) is 5.75 Å². The molecule has 1 aromatic heterocycles. The van der Waals surface area contributed by atoms with Gasteiger partial charge in [-0.1, -0.05) is 42.5 Å². The Morgan fingerprint density at radius 1 is 1.19 bits per heavy atom. The highest BCUT2D eigenvalue weighted by Gasteiger charge is 2.33. The van der Waals surface area contributed by atoms with Crippen LogP contribution < -0.4 is 15.4 Å². The molecular formula is C20H20ClF3N4O2Si. The first-order valence-electron chi connectivity index (χ1n) is 9.26. The summed E-state index contributed by atoms with van der Waals surface area (Å²) in [7, 11) is -1.60. The fraction of sp³-hybridized carbons (Fsp3) is 0.250. The highest BCUT2D eigenvalue weighted by Crippen LogP contribution is 2.36. The third-order valence-corrected chi connectivity index (χ3v) is 6.36. The van der Waals surface area contributed by atoms with E-state index in [1.165, 1.54) is 6.07 Å². The Morgan fingerprint density at radius 3 is 2.58 bits per heavy atom. The number of halogens is 4. The summed E-state index contributed by atoms with van der Waals surface area (Å²) in [5.74, 6) is -0.201. The van der Waals surface area contributed by atoms with Crippen LogP contribution in [0.25, 0.3) is 5.69 Å². The SMILES string of the molecule is C[Si](C)(C)c1cn(-c2cccc(OCC(=O)Nc3ccc(Cl)c(C(F)(F)F)c3)c2)nn1. The first kappa shape index (κ1) is 22.8. The van der Waals surface area contributed by atoms with Crippen molar-refractivity contribution in [1.82, 2.24) is 15.0 Å². The number of benzene rings is 2. The number of amides is 1. The fourth-order valence-corrected chi connectivity index (χ4v) is 3.69. The zero-order chi connectivity index (χ0) is 22.8. The molecule has 0 radical (unpaired) electrons. The molecule has 0 aliphatic heterocycles. The van der Waals surface area contributed by atoms with E-state index in [1.807, 2.05) is 12.3 Å². The van der Waals surface area contributed by atoms with Crippen molar-refractivity contribution in [2.75, 3.05) is 11.9 Å². The summed E-state index contributed by atoms with van der Waals surface area (Å²) in [6, 6.07) is 10.1. The molecule has 0 atom stereocenters. The molecule has 0 saturated heterocycles. The van der Waals surface area contributed by atoms with Gasteiger partial charge in [-0.15, -0.1) is 5.10 Å². The van der Waals surface area contributed by atoms with Crippen molar-refractivity contribution in [3.05, 3.63) is 59.2 Å². The van der Waals surface area contributed by atoms with Crippen LogP contribution in [0.3, 0.4) is 0 Å². The van der Waals surface area contributed by atoms with Crippen molar-refractivity contribution in [2.45, 2.75) is 25.8 Å². The summed E-state index contributed by atoms with van der Waals surface area (Å²) < 4.78 is 46.0. The Hall–Kier alpha value is -2.85. The summed E-state index contributed by atoms with van der Waals surface area (Å²) in [5, 5.41) is 11.3. The lowest BCUT2D eigenvalue weighted by Gasteiger charge is -2.12. The molecular weight excluding hydrogens is 449 g/mol. The summed E-state index contributed by atoms with van der Waals surface area (Å²) in [6.45, 7) is 6.11. The zero-order valence-corrected chi connectivity index (χ0v) is 18.8. The molecule has 0 saturated carbocycles. The minimum absolute atomic E-state index is 0.0273. The van der Waals surface area contributed by atoms with Crippen LogP contribution in [0.1, 0.15) is 5.56 Å². The monoisotopic (exact) mass is 468 g/mol. The fourth-order valence-electron chi connectivity index (χ4n) is 2.62. The van der Waals surface area contributed by atoms with Gasteiger partial charge in [0.05, 0.1) is 21.6 Å². The van der Waals surface area contributed by atoms with E-state index in [2.05, 4.69) is 35.3 Å². The minimum atomic E-state index is -4.62. The van der Waals surface area contributed by atoms with Gasteiger partial charge >= 0.3 is 6.18 Å². The molecule has 3 rings (SSSR count). The highest BCUT2D eigenvalue weighted by molar-refractivity contribution is 6.88. The number of hydrogen-bond acceptors (Lipinski definition) is 4. The summed E-state index contributed by atoms with van der Waals surface area (Å²) in [6.07, 6.45) is -2.75.